The molecule has 11 nitrogen and oxygen atoms in total. The van der Waals surface area contributed by atoms with Crippen LogP contribution >= 0.6 is 0 Å². The fourth-order valence-corrected chi connectivity index (χ4v) is 6.06. The number of amides is 2. The first kappa shape index (κ1) is 28.6. The predicted molar refractivity (Wildman–Crippen MR) is 162 cm³/mol. The Bertz CT molecular complexity index is 1560. The summed E-state index contributed by atoms with van der Waals surface area (Å²) in [7, 11) is 1.46. The van der Waals surface area contributed by atoms with Gasteiger partial charge in [-0.2, -0.15) is 0 Å². The second-order valence-corrected chi connectivity index (χ2v) is 11.2. The molecular weight excluding hydrogens is 546 g/mol. The van der Waals surface area contributed by atoms with Crippen molar-refractivity contribution in [2.45, 2.75) is 56.8 Å². The Labute approximate surface area is 250 Å². The molecule has 0 unspecified atom stereocenters. The lowest BCUT2D eigenvalue weighted by atomic mass is 10.0. The number of likely N-dealkylation sites (tertiary alicyclic amines) is 1. The molecule has 0 bridgehead atoms. The number of aromatic nitrogens is 4. The molecule has 2 saturated heterocycles. The summed E-state index contributed by atoms with van der Waals surface area (Å²) in [5.74, 6) is 1.37. The zero-order valence-corrected chi connectivity index (χ0v) is 24.3. The largest absolute Gasteiger partial charge is 0.465 e. The van der Waals surface area contributed by atoms with Gasteiger partial charge in [-0.25, -0.2) is 14.8 Å². The molecule has 4 heterocycles. The van der Waals surface area contributed by atoms with Crippen molar-refractivity contribution in [2.75, 3.05) is 20.2 Å². The molecule has 2 amide bonds. The Balaban J connectivity index is 1.13. The van der Waals surface area contributed by atoms with Crippen molar-refractivity contribution in [1.29, 1.82) is 0 Å². The fourth-order valence-electron chi connectivity index (χ4n) is 6.06. The molecule has 2 fully saturated rings. The van der Waals surface area contributed by atoms with Crippen LogP contribution in [0.25, 0.3) is 33.6 Å². The molecule has 4 aromatic rings. The summed E-state index contributed by atoms with van der Waals surface area (Å²) < 4.78 is 5.28. The lowest BCUT2D eigenvalue weighted by Crippen LogP contribution is -2.53. The van der Waals surface area contributed by atoms with E-state index in [0.29, 0.717) is 18.4 Å². The third kappa shape index (κ3) is 6.04. The summed E-state index contributed by atoms with van der Waals surface area (Å²) in [4.78, 5) is 42.4. The molecule has 0 aliphatic carbocycles. The van der Waals surface area contributed by atoms with Gasteiger partial charge in [0, 0.05) is 13.7 Å². The summed E-state index contributed by atoms with van der Waals surface area (Å²) >= 11 is 0. The minimum absolute atomic E-state index is 0.262. The maximum atomic E-state index is 13.3. The maximum Gasteiger partial charge on any atom is 0.405 e. The van der Waals surface area contributed by atoms with Gasteiger partial charge in [-0.1, -0.05) is 48.5 Å². The van der Waals surface area contributed by atoms with Gasteiger partial charge in [-0.3, -0.25) is 4.79 Å². The highest BCUT2D eigenvalue weighted by atomic mass is 16.5. The van der Waals surface area contributed by atoms with E-state index < -0.39 is 18.2 Å². The van der Waals surface area contributed by atoms with Gasteiger partial charge in [-0.15, -0.1) is 0 Å². The third-order valence-corrected chi connectivity index (χ3v) is 8.54. The molecule has 2 aromatic heterocycles. The third-order valence-electron chi connectivity index (χ3n) is 8.54. The topological polar surface area (TPSA) is 148 Å². The van der Waals surface area contributed by atoms with E-state index in [2.05, 4.69) is 79.1 Å². The van der Waals surface area contributed by atoms with Gasteiger partial charge in [0.15, 0.2) is 0 Å². The lowest BCUT2D eigenvalue weighted by Gasteiger charge is -2.30. The molecule has 43 heavy (non-hydrogen) atoms. The minimum Gasteiger partial charge on any atom is -0.465 e. The number of ether oxygens (including phenoxy) is 1. The number of rotatable bonds is 9. The van der Waals surface area contributed by atoms with Gasteiger partial charge in [0.2, 0.25) is 5.91 Å². The average molecular weight is 584 g/mol. The van der Waals surface area contributed by atoms with Gasteiger partial charge in [0.1, 0.15) is 17.7 Å². The van der Waals surface area contributed by atoms with Crippen LogP contribution in [0.2, 0.25) is 0 Å². The lowest BCUT2D eigenvalue weighted by molar-refractivity contribution is -0.137. The van der Waals surface area contributed by atoms with Crippen molar-refractivity contribution in [3.05, 3.63) is 72.6 Å². The molecule has 4 atom stereocenters. The summed E-state index contributed by atoms with van der Waals surface area (Å²) in [6.07, 6.45) is 5.66. The standard InChI is InChI=1S/C32H37N7O4/c1-19(43-2)28(38-32(41)42)31(40)39-16-4-6-27(39)30-35-18-26(37-30)23-13-9-21(10-14-23)20-7-11-22(12-8-20)25-17-34-29(36-25)24-5-3-15-33-24/h7-14,17-19,24,27-28,33,38H,3-6,15-16H2,1-2H3,(H,34,36)(H,35,37)(H,41,42)/t19-,24+,27+,28+/m1/s1. The number of hydrogen-bond donors (Lipinski definition) is 5. The summed E-state index contributed by atoms with van der Waals surface area (Å²) in [5, 5.41) is 15.1. The van der Waals surface area contributed by atoms with E-state index in [0.717, 1.165) is 65.3 Å². The summed E-state index contributed by atoms with van der Waals surface area (Å²) in [6, 6.07) is 15.8. The van der Waals surface area contributed by atoms with Gasteiger partial charge >= 0.3 is 6.09 Å². The van der Waals surface area contributed by atoms with Gasteiger partial charge in [0.05, 0.1) is 42.0 Å². The Morgan fingerprint density at radius 3 is 2.05 bits per heavy atom. The number of benzene rings is 2. The van der Waals surface area contributed by atoms with Crippen LogP contribution in [0.1, 0.15) is 56.3 Å². The van der Waals surface area contributed by atoms with Crippen LogP contribution < -0.4 is 10.6 Å². The number of imidazole rings is 2. The van der Waals surface area contributed by atoms with Crippen LogP contribution in [0.15, 0.2) is 60.9 Å². The minimum atomic E-state index is -1.26. The number of nitrogens with one attached hydrogen (secondary N) is 4. The number of carbonyl (C=O) groups is 2. The fraction of sp³-hybridized carbons (Fsp3) is 0.375. The first-order valence-electron chi connectivity index (χ1n) is 14.8. The molecule has 5 N–H and O–H groups in total. The van der Waals surface area contributed by atoms with Crippen molar-refractivity contribution in [3.8, 4) is 33.6 Å². The maximum absolute atomic E-state index is 13.3. The van der Waals surface area contributed by atoms with Crippen LogP contribution in [-0.4, -0.2) is 74.3 Å². The molecule has 2 aromatic carbocycles. The number of hydrogen-bond acceptors (Lipinski definition) is 6. The van der Waals surface area contributed by atoms with Crippen LogP contribution in [0.4, 0.5) is 4.79 Å². The zero-order chi connectivity index (χ0) is 29.9. The van der Waals surface area contributed by atoms with Gasteiger partial charge in [0.25, 0.3) is 0 Å². The van der Waals surface area contributed by atoms with E-state index in [1.54, 1.807) is 18.0 Å². The van der Waals surface area contributed by atoms with Crippen LogP contribution in [0.5, 0.6) is 0 Å². The van der Waals surface area contributed by atoms with Crippen molar-refractivity contribution < 1.29 is 19.4 Å². The molecule has 2 aliphatic rings. The molecule has 11 heteroatoms. The number of nitrogens with zero attached hydrogens (tertiary/aromatic N) is 3. The second-order valence-electron chi connectivity index (χ2n) is 11.2. The van der Waals surface area contributed by atoms with E-state index in [9.17, 15) is 14.7 Å². The molecule has 6 rings (SSSR count). The van der Waals surface area contributed by atoms with E-state index in [-0.39, 0.29) is 11.9 Å². The smallest absolute Gasteiger partial charge is 0.405 e. The molecule has 224 valence electrons. The molecule has 0 spiro atoms. The zero-order valence-electron chi connectivity index (χ0n) is 24.3. The van der Waals surface area contributed by atoms with E-state index in [1.807, 2.05) is 6.20 Å². The Kier molecular flexibility index (Phi) is 8.26. The highest BCUT2D eigenvalue weighted by Gasteiger charge is 2.38. The van der Waals surface area contributed by atoms with Gasteiger partial charge < -0.3 is 35.3 Å². The van der Waals surface area contributed by atoms with Crippen molar-refractivity contribution in [3.63, 3.8) is 0 Å². The molecule has 2 aliphatic heterocycles. The first-order valence-corrected chi connectivity index (χ1v) is 14.8. The Morgan fingerprint density at radius 1 is 0.907 bits per heavy atom. The highest BCUT2D eigenvalue weighted by Crippen LogP contribution is 2.33. The summed E-state index contributed by atoms with van der Waals surface area (Å²) in [5.41, 5.74) is 6.18. The quantitative estimate of drug-likeness (QED) is 0.188. The van der Waals surface area contributed by atoms with E-state index >= 15 is 0 Å². The highest BCUT2D eigenvalue weighted by molar-refractivity contribution is 5.86. The van der Waals surface area contributed by atoms with Crippen LogP contribution in [0.3, 0.4) is 0 Å². The normalized spacial score (nSPS) is 19.8. The first-order chi connectivity index (χ1) is 20.9. The number of aromatic amines is 2. The number of carboxylic acid groups (broad SMARTS) is 1. The Morgan fingerprint density at radius 2 is 1.49 bits per heavy atom. The SMILES string of the molecule is CO[C@H](C)[C@H](NC(=O)O)C(=O)N1CCC[C@H]1c1ncc(-c2ccc(-c3ccc(-c4cnc([C@@H]5CCCN5)[nH]4)cc3)cc2)[nH]1. The average Bonchev–Trinajstić information content (AvgIpc) is 3.86. The molecular formula is C32H37N7O4. The Hall–Kier alpha value is -4.48. The predicted octanol–water partition coefficient (Wildman–Crippen LogP) is 4.89. The number of methoxy groups -OCH3 is 1. The van der Waals surface area contributed by atoms with E-state index in [4.69, 9.17) is 4.74 Å². The van der Waals surface area contributed by atoms with Gasteiger partial charge in [-0.05, 0) is 61.4 Å². The monoisotopic (exact) mass is 583 g/mol. The number of H-pyrrole nitrogens is 2. The second kappa shape index (κ2) is 12.4. The van der Waals surface area contributed by atoms with Crippen molar-refractivity contribution >= 4 is 12.0 Å². The molecule has 0 saturated carbocycles. The summed E-state index contributed by atoms with van der Waals surface area (Å²) in [6.45, 7) is 3.25. The van der Waals surface area contributed by atoms with Crippen LogP contribution in [0, 0.1) is 0 Å². The van der Waals surface area contributed by atoms with E-state index in [1.165, 1.54) is 13.5 Å². The molecule has 0 radical (unpaired) electrons. The van der Waals surface area contributed by atoms with Crippen molar-refractivity contribution in [2.24, 2.45) is 0 Å². The number of carbonyl (C=O) groups excluding carboxylic acids is 1. The van der Waals surface area contributed by atoms with Crippen LogP contribution in [-0.2, 0) is 9.53 Å². The van der Waals surface area contributed by atoms with Crippen molar-refractivity contribution in [1.82, 2.24) is 35.5 Å².